The van der Waals surface area contributed by atoms with Gasteiger partial charge in [0.1, 0.15) is 12.4 Å². The molecule has 98 valence electrons. The zero-order valence-corrected chi connectivity index (χ0v) is 10.5. The van der Waals surface area contributed by atoms with Crippen LogP contribution in [0.4, 0.5) is 4.39 Å². The van der Waals surface area contributed by atoms with Crippen LogP contribution in [-0.2, 0) is 14.9 Å². The first-order valence-electron chi connectivity index (χ1n) is 6.27. The van der Waals surface area contributed by atoms with Gasteiger partial charge in [-0.05, 0) is 37.5 Å². The molecular weight excluding hydrogens is 233 g/mol. The number of hydrogen-bond acceptors (Lipinski definition) is 2. The first-order valence-corrected chi connectivity index (χ1v) is 6.27. The summed E-state index contributed by atoms with van der Waals surface area (Å²) in [4.78, 5) is 11.5. The highest BCUT2D eigenvalue weighted by Gasteiger charge is 2.44. The van der Waals surface area contributed by atoms with Crippen LogP contribution in [0, 0.1) is 5.82 Å². The smallest absolute Gasteiger partial charge is 0.246 e. The van der Waals surface area contributed by atoms with Gasteiger partial charge < -0.3 is 10.1 Å². The molecule has 2 rings (SSSR count). The lowest BCUT2D eigenvalue weighted by atomic mass is 9.96. The maximum absolute atomic E-state index is 12.9. The van der Waals surface area contributed by atoms with Crippen molar-refractivity contribution in [2.24, 2.45) is 0 Å². The molecule has 1 aromatic rings. The molecule has 0 aliphatic heterocycles. The Bertz CT molecular complexity index is 412. The van der Waals surface area contributed by atoms with E-state index in [2.05, 4.69) is 5.32 Å². The summed E-state index contributed by atoms with van der Waals surface area (Å²) in [5.41, 5.74) is 1.11. The standard InChI is InChI=1S/C14H18FNO2/c1-2-18-9-13(17)16-10-14(7-8-14)11-3-5-12(15)6-4-11/h3-6H,2,7-10H2,1H3,(H,16,17). The molecule has 1 aliphatic carbocycles. The number of halogens is 1. The SMILES string of the molecule is CCOCC(=O)NCC1(c2ccc(F)cc2)CC1. The van der Waals surface area contributed by atoms with Gasteiger partial charge in [-0.25, -0.2) is 4.39 Å². The number of nitrogens with one attached hydrogen (secondary N) is 1. The Morgan fingerprint density at radius 1 is 1.39 bits per heavy atom. The number of carbonyl (C=O) groups is 1. The summed E-state index contributed by atoms with van der Waals surface area (Å²) in [6.07, 6.45) is 2.07. The van der Waals surface area contributed by atoms with Gasteiger partial charge in [0.2, 0.25) is 5.91 Å². The van der Waals surface area contributed by atoms with Crippen LogP contribution < -0.4 is 5.32 Å². The second-order valence-electron chi connectivity index (χ2n) is 4.70. The molecule has 1 aliphatic rings. The van der Waals surface area contributed by atoms with E-state index in [1.165, 1.54) is 12.1 Å². The minimum atomic E-state index is -0.227. The van der Waals surface area contributed by atoms with Crippen molar-refractivity contribution in [3.05, 3.63) is 35.6 Å². The molecule has 0 unspecified atom stereocenters. The summed E-state index contributed by atoms with van der Waals surface area (Å²) < 4.78 is 17.9. The van der Waals surface area contributed by atoms with E-state index in [0.717, 1.165) is 18.4 Å². The van der Waals surface area contributed by atoms with Gasteiger partial charge in [0.15, 0.2) is 0 Å². The average molecular weight is 251 g/mol. The Labute approximate surface area is 106 Å². The molecule has 0 aromatic heterocycles. The van der Waals surface area contributed by atoms with E-state index < -0.39 is 0 Å². The van der Waals surface area contributed by atoms with Gasteiger partial charge in [-0.2, -0.15) is 0 Å². The Morgan fingerprint density at radius 3 is 2.61 bits per heavy atom. The van der Waals surface area contributed by atoms with Gasteiger partial charge in [-0.15, -0.1) is 0 Å². The Hall–Kier alpha value is -1.42. The van der Waals surface area contributed by atoms with E-state index in [1.54, 1.807) is 12.1 Å². The van der Waals surface area contributed by atoms with Gasteiger partial charge in [0.05, 0.1) is 0 Å². The third-order valence-electron chi connectivity index (χ3n) is 3.37. The topological polar surface area (TPSA) is 38.3 Å². The van der Waals surface area contributed by atoms with Crippen molar-refractivity contribution in [2.45, 2.75) is 25.2 Å². The number of rotatable bonds is 6. The summed E-state index contributed by atoms with van der Waals surface area (Å²) in [5.74, 6) is -0.319. The number of amides is 1. The van der Waals surface area contributed by atoms with E-state index in [1.807, 2.05) is 6.92 Å². The Kier molecular flexibility index (Phi) is 3.97. The lowest BCUT2D eigenvalue weighted by Gasteiger charge is -2.16. The maximum atomic E-state index is 12.9. The molecule has 1 amide bonds. The number of benzene rings is 1. The third kappa shape index (κ3) is 3.07. The molecule has 0 bridgehead atoms. The van der Waals surface area contributed by atoms with Gasteiger partial charge in [0.25, 0.3) is 0 Å². The summed E-state index contributed by atoms with van der Waals surface area (Å²) >= 11 is 0. The largest absolute Gasteiger partial charge is 0.372 e. The molecule has 1 aromatic carbocycles. The van der Waals surface area contributed by atoms with Crippen molar-refractivity contribution in [1.29, 1.82) is 0 Å². The van der Waals surface area contributed by atoms with Crippen molar-refractivity contribution >= 4 is 5.91 Å². The molecule has 0 atom stereocenters. The normalized spacial score (nSPS) is 16.3. The summed E-state index contributed by atoms with van der Waals surface area (Å²) in [7, 11) is 0. The molecule has 4 heteroatoms. The molecule has 18 heavy (non-hydrogen) atoms. The molecule has 0 heterocycles. The molecule has 0 saturated heterocycles. The first-order chi connectivity index (χ1) is 8.66. The van der Waals surface area contributed by atoms with Crippen LogP contribution in [0.1, 0.15) is 25.3 Å². The highest BCUT2D eigenvalue weighted by atomic mass is 19.1. The number of ether oxygens (including phenoxy) is 1. The summed E-state index contributed by atoms with van der Waals surface area (Å²) in [6.45, 7) is 3.10. The highest BCUT2D eigenvalue weighted by Crippen LogP contribution is 2.47. The summed E-state index contributed by atoms with van der Waals surface area (Å²) in [6, 6.07) is 6.54. The Morgan fingerprint density at radius 2 is 2.06 bits per heavy atom. The molecule has 1 N–H and O–H groups in total. The zero-order valence-electron chi connectivity index (χ0n) is 10.5. The van der Waals surface area contributed by atoms with E-state index >= 15 is 0 Å². The monoisotopic (exact) mass is 251 g/mol. The minimum Gasteiger partial charge on any atom is -0.372 e. The van der Waals surface area contributed by atoms with Crippen LogP contribution in [0.3, 0.4) is 0 Å². The van der Waals surface area contributed by atoms with Crippen molar-refractivity contribution in [3.8, 4) is 0 Å². The van der Waals surface area contributed by atoms with Crippen LogP contribution >= 0.6 is 0 Å². The fourth-order valence-corrected chi connectivity index (χ4v) is 2.04. The molecule has 3 nitrogen and oxygen atoms in total. The molecule has 1 fully saturated rings. The molecule has 0 spiro atoms. The summed E-state index contributed by atoms with van der Waals surface area (Å²) in [5, 5.41) is 2.88. The van der Waals surface area contributed by atoms with Crippen molar-refractivity contribution in [1.82, 2.24) is 5.32 Å². The first kappa shape index (κ1) is 13.0. The fraction of sp³-hybridized carbons (Fsp3) is 0.500. The van der Waals surface area contributed by atoms with Gasteiger partial charge in [0, 0.05) is 18.6 Å². The van der Waals surface area contributed by atoms with Crippen molar-refractivity contribution in [3.63, 3.8) is 0 Å². The lowest BCUT2D eigenvalue weighted by molar-refractivity contribution is -0.125. The number of carbonyl (C=O) groups excluding carboxylic acids is 1. The van der Waals surface area contributed by atoms with E-state index in [4.69, 9.17) is 4.74 Å². The number of hydrogen-bond donors (Lipinski definition) is 1. The van der Waals surface area contributed by atoms with Crippen LogP contribution in [-0.4, -0.2) is 25.7 Å². The van der Waals surface area contributed by atoms with E-state index in [0.29, 0.717) is 13.2 Å². The Balaban J connectivity index is 1.88. The zero-order chi connectivity index (χ0) is 13.0. The van der Waals surface area contributed by atoms with Gasteiger partial charge in [-0.1, -0.05) is 12.1 Å². The second kappa shape index (κ2) is 5.48. The van der Waals surface area contributed by atoms with Gasteiger partial charge in [-0.3, -0.25) is 4.79 Å². The fourth-order valence-electron chi connectivity index (χ4n) is 2.04. The van der Waals surface area contributed by atoms with Crippen LogP contribution in [0.2, 0.25) is 0 Å². The van der Waals surface area contributed by atoms with E-state index in [-0.39, 0.29) is 23.7 Å². The van der Waals surface area contributed by atoms with Crippen molar-refractivity contribution in [2.75, 3.05) is 19.8 Å². The minimum absolute atomic E-state index is 0.00950. The quantitative estimate of drug-likeness (QED) is 0.840. The average Bonchev–Trinajstić information content (AvgIpc) is 3.16. The molecule has 1 saturated carbocycles. The molecular formula is C14H18FNO2. The van der Waals surface area contributed by atoms with Crippen LogP contribution in [0.15, 0.2) is 24.3 Å². The lowest BCUT2D eigenvalue weighted by Crippen LogP contribution is -2.34. The predicted octanol–water partition coefficient (Wildman–Crippen LogP) is 2.01. The third-order valence-corrected chi connectivity index (χ3v) is 3.37. The van der Waals surface area contributed by atoms with Crippen molar-refractivity contribution < 1.29 is 13.9 Å². The van der Waals surface area contributed by atoms with Crippen LogP contribution in [0.5, 0.6) is 0 Å². The van der Waals surface area contributed by atoms with Gasteiger partial charge >= 0.3 is 0 Å². The van der Waals surface area contributed by atoms with E-state index in [9.17, 15) is 9.18 Å². The predicted molar refractivity (Wildman–Crippen MR) is 66.8 cm³/mol. The van der Waals surface area contributed by atoms with Crippen LogP contribution in [0.25, 0.3) is 0 Å². The molecule has 0 radical (unpaired) electrons. The second-order valence-corrected chi connectivity index (χ2v) is 4.70. The highest BCUT2D eigenvalue weighted by molar-refractivity contribution is 5.77. The maximum Gasteiger partial charge on any atom is 0.246 e.